The minimum absolute atomic E-state index is 0.0834. The van der Waals surface area contributed by atoms with Gasteiger partial charge in [-0.3, -0.25) is 24.0 Å². The van der Waals surface area contributed by atoms with Crippen molar-refractivity contribution in [1.82, 2.24) is 15.5 Å². The van der Waals surface area contributed by atoms with Crippen molar-refractivity contribution >= 4 is 35.6 Å². The molecule has 0 aromatic rings. The third-order valence-corrected chi connectivity index (χ3v) is 4.39. The maximum absolute atomic E-state index is 12.9. The van der Waals surface area contributed by atoms with E-state index in [1.54, 1.807) is 0 Å². The van der Waals surface area contributed by atoms with Crippen LogP contribution in [0.3, 0.4) is 0 Å². The van der Waals surface area contributed by atoms with Crippen LogP contribution in [0.1, 0.15) is 25.7 Å². The maximum Gasteiger partial charge on any atom is 0.328 e. The molecular formula is C16H25N5O9. The zero-order valence-corrected chi connectivity index (χ0v) is 15.9. The monoisotopic (exact) mass is 431 g/mol. The van der Waals surface area contributed by atoms with Crippen molar-refractivity contribution in [2.24, 2.45) is 11.5 Å². The van der Waals surface area contributed by atoms with Crippen LogP contribution in [-0.4, -0.2) is 93.1 Å². The van der Waals surface area contributed by atoms with Crippen LogP contribution in [0.25, 0.3) is 0 Å². The second kappa shape index (κ2) is 11.1. The quantitative estimate of drug-likeness (QED) is 0.166. The van der Waals surface area contributed by atoms with Crippen molar-refractivity contribution in [3.05, 3.63) is 0 Å². The molecule has 4 atom stereocenters. The molecule has 1 rings (SSSR count). The molecule has 1 aliphatic heterocycles. The van der Waals surface area contributed by atoms with E-state index in [9.17, 15) is 28.8 Å². The van der Waals surface area contributed by atoms with Crippen molar-refractivity contribution < 1.29 is 44.1 Å². The Labute approximate surface area is 170 Å². The zero-order valence-electron chi connectivity index (χ0n) is 15.9. The molecule has 0 radical (unpaired) electrons. The summed E-state index contributed by atoms with van der Waals surface area (Å²) in [5, 5.41) is 31.0. The van der Waals surface area contributed by atoms with Crippen LogP contribution in [0.15, 0.2) is 0 Å². The number of primary amides is 1. The fourth-order valence-corrected chi connectivity index (χ4v) is 2.92. The van der Waals surface area contributed by atoms with Gasteiger partial charge < -0.3 is 42.3 Å². The number of aliphatic hydroxyl groups is 1. The Morgan fingerprint density at radius 2 is 1.67 bits per heavy atom. The summed E-state index contributed by atoms with van der Waals surface area (Å²) in [5.41, 5.74) is 10.6. The first-order valence-corrected chi connectivity index (χ1v) is 8.98. The van der Waals surface area contributed by atoms with E-state index in [2.05, 4.69) is 10.6 Å². The molecule has 9 N–H and O–H groups in total. The lowest BCUT2D eigenvalue weighted by Gasteiger charge is -2.29. The normalized spacial score (nSPS) is 18.7. The predicted octanol–water partition coefficient (Wildman–Crippen LogP) is -4.30. The Balaban J connectivity index is 2.94. The van der Waals surface area contributed by atoms with Gasteiger partial charge in [-0.1, -0.05) is 0 Å². The van der Waals surface area contributed by atoms with E-state index in [1.165, 1.54) is 0 Å². The largest absolute Gasteiger partial charge is 0.481 e. The van der Waals surface area contributed by atoms with Crippen LogP contribution in [0.4, 0.5) is 0 Å². The Morgan fingerprint density at radius 3 is 2.17 bits per heavy atom. The summed E-state index contributed by atoms with van der Waals surface area (Å²) in [5.74, 6) is -6.40. The van der Waals surface area contributed by atoms with Gasteiger partial charge in [0.2, 0.25) is 23.6 Å². The lowest BCUT2D eigenvalue weighted by atomic mass is 10.1. The van der Waals surface area contributed by atoms with Gasteiger partial charge in [0.1, 0.15) is 18.1 Å². The van der Waals surface area contributed by atoms with Crippen molar-refractivity contribution in [1.29, 1.82) is 0 Å². The van der Waals surface area contributed by atoms with Gasteiger partial charge in [-0.05, 0) is 12.8 Å². The summed E-state index contributed by atoms with van der Waals surface area (Å²) in [6.07, 6.45) is -0.763. The van der Waals surface area contributed by atoms with E-state index in [1.807, 2.05) is 0 Å². The van der Waals surface area contributed by atoms with Crippen LogP contribution in [-0.2, 0) is 28.8 Å². The van der Waals surface area contributed by atoms with E-state index < -0.39 is 79.2 Å². The molecule has 4 unspecified atom stereocenters. The van der Waals surface area contributed by atoms with Crippen molar-refractivity contribution in [3.63, 3.8) is 0 Å². The van der Waals surface area contributed by atoms with Gasteiger partial charge in [-0.2, -0.15) is 0 Å². The molecule has 1 heterocycles. The molecule has 30 heavy (non-hydrogen) atoms. The van der Waals surface area contributed by atoms with E-state index >= 15 is 0 Å². The molecule has 0 aromatic heterocycles. The number of aliphatic hydroxyl groups excluding tert-OH is 1. The highest BCUT2D eigenvalue weighted by atomic mass is 16.4. The zero-order chi connectivity index (χ0) is 23.0. The second-order valence-electron chi connectivity index (χ2n) is 6.71. The molecule has 0 aromatic carbocycles. The minimum atomic E-state index is -1.56. The number of nitrogens with zero attached hydrogens (tertiary/aromatic N) is 1. The lowest BCUT2D eigenvalue weighted by molar-refractivity contribution is -0.146. The number of carboxylic acid groups (broad SMARTS) is 2. The number of nitrogens with one attached hydrogen (secondary N) is 2. The number of carbonyl (C=O) groups excluding carboxylic acids is 4. The number of hydrogen-bond acceptors (Lipinski definition) is 8. The van der Waals surface area contributed by atoms with Crippen LogP contribution < -0.4 is 22.1 Å². The number of carbonyl (C=O) groups is 6. The molecule has 168 valence electrons. The Morgan fingerprint density at radius 1 is 1.03 bits per heavy atom. The average Bonchev–Trinajstić information content (AvgIpc) is 3.13. The molecule has 0 spiro atoms. The first kappa shape index (κ1) is 24.8. The van der Waals surface area contributed by atoms with Gasteiger partial charge in [-0.25, -0.2) is 4.79 Å². The highest BCUT2D eigenvalue weighted by Gasteiger charge is 2.39. The molecular weight excluding hydrogens is 406 g/mol. The summed E-state index contributed by atoms with van der Waals surface area (Å²) in [4.78, 5) is 71.4. The fourth-order valence-electron chi connectivity index (χ4n) is 2.92. The predicted molar refractivity (Wildman–Crippen MR) is 97.4 cm³/mol. The first-order chi connectivity index (χ1) is 14.0. The fraction of sp³-hybridized carbons (Fsp3) is 0.625. The number of amides is 4. The summed E-state index contributed by atoms with van der Waals surface area (Å²) >= 11 is 0. The molecule has 0 aliphatic carbocycles. The van der Waals surface area contributed by atoms with Crippen LogP contribution in [0.2, 0.25) is 0 Å². The van der Waals surface area contributed by atoms with Crippen molar-refractivity contribution in [2.45, 2.75) is 49.9 Å². The third kappa shape index (κ3) is 6.97. The number of nitrogens with two attached hydrogens (primary N) is 2. The van der Waals surface area contributed by atoms with Gasteiger partial charge in [0.15, 0.2) is 0 Å². The van der Waals surface area contributed by atoms with E-state index in [-0.39, 0.29) is 13.0 Å². The molecule has 1 fully saturated rings. The molecule has 14 nitrogen and oxygen atoms in total. The molecule has 0 saturated carbocycles. The lowest BCUT2D eigenvalue weighted by Crippen LogP contribution is -2.57. The number of likely N-dealkylation sites (tertiary alicyclic amines) is 1. The third-order valence-electron chi connectivity index (χ3n) is 4.39. The van der Waals surface area contributed by atoms with Crippen molar-refractivity contribution in [3.8, 4) is 0 Å². The molecule has 0 bridgehead atoms. The average molecular weight is 431 g/mol. The highest BCUT2D eigenvalue weighted by Crippen LogP contribution is 2.19. The second-order valence-corrected chi connectivity index (χ2v) is 6.71. The van der Waals surface area contributed by atoms with Gasteiger partial charge in [0.25, 0.3) is 0 Å². The Hall–Kier alpha value is -3.26. The van der Waals surface area contributed by atoms with Crippen LogP contribution in [0, 0.1) is 0 Å². The van der Waals surface area contributed by atoms with E-state index in [0.29, 0.717) is 6.42 Å². The van der Waals surface area contributed by atoms with Gasteiger partial charge >= 0.3 is 11.9 Å². The molecule has 4 amide bonds. The summed E-state index contributed by atoms with van der Waals surface area (Å²) in [7, 11) is 0. The van der Waals surface area contributed by atoms with Gasteiger partial charge in [0, 0.05) is 6.54 Å². The number of carboxylic acids is 2. The van der Waals surface area contributed by atoms with Crippen LogP contribution >= 0.6 is 0 Å². The minimum Gasteiger partial charge on any atom is -0.481 e. The molecule has 14 heteroatoms. The summed E-state index contributed by atoms with van der Waals surface area (Å²) in [6, 6.07) is -5.63. The summed E-state index contributed by atoms with van der Waals surface area (Å²) < 4.78 is 0. The molecule has 1 saturated heterocycles. The van der Waals surface area contributed by atoms with E-state index in [4.69, 9.17) is 26.8 Å². The number of rotatable bonds is 11. The van der Waals surface area contributed by atoms with E-state index in [0.717, 1.165) is 4.90 Å². The Kier molecular flexibility index (Phi) is 9.14. The number of hydrogen-bond donors (Lipinski definition) is 7. The number of aliphatic carboxylic acids is 2. The van der Waals surface area contributed by atoms with Gasteiger partial charge in [0.05, 0.1) is 25.5 Å². The smallest absolute Gasteiger partial charge is 0.328 e. The molecule has 1 aliphatic rings. The topological polar surface area (TPSA) is 242 Å². The van der Waals surface area contributed by atoms with Gasteiger partial charge in [-0.15, -0.1) is 0 Å². The van der Waals surface area contributed by atoms with Crippen LogP contribution in [0.5, 0.6) is 0 Å². The maximum atomic E-state index is 12.9. The SMILES string of the molecule is NC(=O)CC(NC(=O)C(N)CC(=O)O)C(=O)N1CCCC1C(=O)NC(CO)C(=O)O. The van der Waals surface area contributed by atoms with Crippen molar-refractivity contribution in [2.75, 3.05) is 13.2 Å². The highest BCUT2D eigenvalue weighted by molar-refractivity contribution is 5.97. The summed E-state index contributed by atoms with van der Waals surface area (Å²) in [6.45, 7) is -0.774. The Bertz CT molecular complexity index is 713. The standard InChI is InChI=1S/C16H25N5O9/c17-7(4-12(24)25)13(26)19-8(5-11(18)23)15(28)21-3-1-2-10(21)14(27)20-9(6-22)16(29)30/h7-10,22H,1-6,17H2,(H2,18,23)(H,19,26)(H,20,27)(H,24,25)(H,29,30). The first-order valence-electron chi connectivity index (χ1n) is 8.98.